The Morgan fingerprint density at radius 2 is 1.28 bits per heavy atom. The van der Waals surface area contributed by atoms with Gasteiger partial charge in [0, 0.05) is 87.6 Å². The number of aliphatic carboxylic acids is 2. The summed E-state index contributed by atoms with van der Waals surface area (Å²) >= 11 is 4.28. The van der Waals surface area contributed by atoms with Crippen molar-refractivity contribution in [1.29, 1.82) is 0 Å². The number of benzene rings is 3. The molecule has 23 nitrogen and oxygen atoms in total. The van der Waals surface area contributed by atoms with Gasteiger partial charge in [-0.2, -0.15) is 13.2 Å². The number of halogens is 4. The number of likely N-dealkylation sites (N-methyl/N-ethyl adjacent to an activating group) is 1. The number of hydrogen-bond donors (Lipinski definition) is 7. The second-order valence-electron chi connectivity index (χ2n) is 21.3. The van der Waals surface area contributed by atoms with Crippen LogP contribution >= 0.6 is 45.3 Å². The molecule has 0 radical (unpaired) electrons. The number of thiazole rings is 1. The molecular weight excluding hydrogens is 1350 g/mol. The van der Waals surface area contributed by atoms with Gasteiger partial charge in [0.05, 0.1) is 46.7 Å². The van der Waals surface area contributed by atoms with Crippen LogP contribution in [-0.2, 0) is 30.1 Å². The average molecular weight is 1440 g/mol. The highest BCUT2D eigenvalue weighted by atomic mass is 127. The minimum Gasteiger partial charge on any atom is -0.480 e. The average Bonchev–Trinajstić information content (AvgIpc) is 1.74. The molecule has 3 heterocycles. The fraction of sp³-hybridized carbons (Fsp3) is 0.492. The van der Waals surface area contributed by atoms with E-state index in [0.717, 1.165) is 64.8 Å². The van der Waals surface area contributed by atoms with E-state index in [4.69, 9.17) is 15.3 Å². The molecule has 29 heteroatoms. The number of nitrogens with one attached hydrogen (secondary N) is 4. The van der Waals surface area contributed by atoms with Gasteiger partial charge in [-0.25, -0.2) is 9.78 Å². The summed E-state index contributed by atoms with van der Waals surface area (Å²) in [6, 6.07) is 19.4. The fourth-order valence-electron chi connectivity index (χ4n) is 8.73. The van der Waals surface area contributed by atoms with Crippen LogP contribution in [0.15, 0.2) is 73.3 Å². The Labute approximate surface area is 558 Å². The van der Waals surface area contributed by atoms with Crippen LogP contribution < -0.4 is 21.3 Å². The number of carboxylic acid groups (broad SMARTS) is 3. The lowest BCUT2D eigenvalue weighted by atomic mass is 9.89. The number of aromatic nitrogens is 3. The molecule has 1 atom stereocenters. The molecule has 5 aromatic rings. The van der Waals surface area contributed by atoms with Crippen LogP contribution in [0, 0.1) is 60.1 Å². The quantitative estimate of drug-likeness (QED) is 0.0229. The van der Waals surface area contributed by atoms with E-state index in [1.54, 1.807) is 69.6 Å². The van der Waals surface area contributed by atoms with Crippen LogP contribution in [-0.4, -0.2) is 178 Å². The number of alkyl halides is 3. The first-order valence-corrected chi connectivity index (χ1v) is 32.2. The van der Waals surface area contributed by atoms with Crippen molar-refractivity contribution < 1.29 is 67.0 Å². The Bertz CT molecular complexity index is 3080. The summed E-state index contributed by atoms with van der Waals surface area (Å²) in [5, 5.41) is 58.2. The largest absolute Gasteiger partial charge is 0.480 e. The lowest BCUT2D eigenvalue weighted by molar-refractivity contribution is -0.384. The second-order valence-corrected chi connectivity index (χ2v) is 25.0. The third kappa shape index (κ3) is 34.4. The molecule has 1 saturated heterocycles. The van der Waals surface area contributed by atoms with Crippen LogP contribution in [0.5, 0.6) is 0 Å². The molecule has 92 heavy (non-hydrogen) atoms. The third-order valence-corrected chi connectivity index (χ3v) is 16.1. The number of Topliss-reactive ketones (excluding diaryl/α,β-unsaturated/α-hetero) is 1. The lowest BCUT2D eigenvalue weighted by Crippen LogP contribution is -2.44. The number of hydrogen-bond acceptors (Lipinski definition) is 17. The van der Waals surface area contributed by atoms with Crippen molar-refractivity contribution >= 4 is 98.1 Å². The van der Waals surface area contributed by atoms with E-state index in [0.29, 0.717) is 43.5 Å². The maximum Gasteiger partial charge on any atom is 0.427 e. The van der Waals surface area contributed by atoms with Gasteiger partial charge < -0.3 is 41.5 Å². The van der Waals surface area contributed by atoms with Gasteiger partial charge in [0.25, 0.3) is 11.6 Å². The minimum absolute atomic E-state index is 0.0278. The van der Waals surface area contributed by atoms with Gasteiger partial charge in [0.15, 0.2) is 0 Å². The predicted molar refractivity (Wildman–Crippen MR) is 361 cm³/mol. The van der Waals surface area contributed by atoms with Gasteiger partial charge in [-0.1, -0.05) is 85.5 Å². The lowest BCUT2D eigenvalue weighted by Gasteiger charge is -2.26. The smallest absolute Gasteiger partial charge is 0.427 e. The fourth-order valence-corrected chi connectivity index (χ4v) is 10.7. The van der Waals surface area contributed by atoms with Crippen LogP contribution in [0.1, 0.15) is 113 Å². The maximum atomic E-state index is 12.8. The van der Waals surface area contributed by atoms with Crippen molar-refractivity contribution in [2.45, 2.75) is 107 Å². The number of piperidine rings is 1. The zero-order valence-corrected chi connectivity index (χ0v) is 58.0. The second kappa shape index (κ2) is 44.3. The molecule has 7 N–H and O–H groups in total. The highest BCUT2D eigenvalue weighted by molar-refractivity contribution is 14.1. The number of carbonyl (C=O) groups is 7. The molecule has 1 aliphatic heterocycles. The Hall–Kier alpha value is -7.32. The summed E-state index contributed by atoms with van der Waals surface area (Å²) in [4.78, 5) is 94.3. The summed E-state index contributed by atoms with van der Waals surface area (Å²) in [7, 11) is 4.78. The summed E-state index contributed by atoms with van der Waals surface area (Å²) < 4.78 is 39.1. The SMILES string of the molecule is C=C(C)c1ccccc1C.CC(=O)CN(CCN(CCN(C)C(=O)O)CC(=O)O)CC(=O)O.CCNC(=O)c1cc([N+](=O)[O-])ccc1I.CNC(=O)C1CCCCC1.CNC(=O)C1CCCNC1.Cc1ccc(-c2nc(C)sc2C(F)(F)F)cc1.Cc1nnc(C)s1. The van der Waals surface area contributed by atoms with Crippen molar-refractivity contribution in [2.24, 2.45) is 11.8 Å². The number of carboxylic acids is 2. The zero-order chi connectivity index (χ0) is 69.7. The number of nitro groups is 1. The van der Waals surface area contributed by atoms with Crippen LogP contribution in [0.3, 0.4) is 0 Å². The number of non-ortho nitro benzene ring substituents is 1. The van der Waals surface area contributed by atoms with Crippen molar-refractivity contribution in [1.82, 2.24) is 51.1 Å². The molecule has 2 aliphatic rings. The van der Waals surface area contributed by atoms with Gasteiger partial charge in [-0.3, -0.25) is 48.7 Å². The molecule has 1 aliphatic carbocycles. The molecule has 3 aromatic carbocycles. The molecule has 7 rings (SSSR count). The minimum atomic E-state index is -4.34. The molecular formula is C63H89F3IN11O12S2. The van der Waals surface area contributed by atoms with Crippen LogP contribution in [0.2, 0.25) is 0 Å². The van der Waals surface area contributed by atoms with Crippen molar-refractivity contribution in [3.63, 3.8) is 0 Å². The summed E-state index contributed by atoms with van der Waals surface area (Å²) in [6.07, 6.45) is 2.67. The first-order chi connectivity index (χ1) is 43.2. The number of rotatable bonds is 19. The van der Waals surface area contributed by atoms with E-state index in [2.05, 4.69) is 62.1 Å². The summed E-state index contributed by atoms with van der Waals surface area (Å²) in [5.74, 6) is -1.70. The van der Waals surface area contributed by atoms with Crippen molar-refractivity contribution in [3.05, 3.63) is 129 Å². The number of allylic oxidation sites excluding steroid dienone is 1. The van der Waals surface area contributed by atoms with Gasteiger partial charge in [0.2, 0.25) is 11.8 Å². The van der Waals surface area contributed by atoms with E-state index >= 15 is 0 Å². The molecule has 0 bridgehead atoms. The number of amides is 4. The summed E-state index contributed by atoms with van der Waals surface area (Å²) in [6.45, 7) is 21.0. The number of nitro benzene ring substituents is 1. The number of carbonyl (C=O) groups excluding carboxylic acids is 4. The van der Waals surface area contributed by atoms with Gasteiger partial charge >= 0.3 is 24.2 Å². The van der Waals surface area contributed by atoms with Crippen LogP contribution in [0.25, 0.3) is 16.8 Å². The summed E-state index contributed by atoms with van der Waals surface area (Å²) in [5.41, 5.74) is 5.51. The standard InChI is InChI=1S/C13H23N3O7.C12H10F3NS.C10H12.C9H9IN2O3.C8H15NO.C7H14N2O.C4H6N2S/c1-10(17)7-16(9-12(20)21)6-5-15(8-11(18)19)4-3-14(2)13(22)23;1-7-3-5-9(6-4-7)10-11(12(13,14)15)17-8(2)16-10;1-8(2)10-7-5-4-6-9(10)3;1-2-11-9(13)7-5-6(12(14)15)3-4-8(7)10;1-9-8(10)7-5-3-2-4-6-7;1-8-7(10)6-3-2-4-9-5-6;1-3-5-6-4(2)7-3/h3-9H2,1-2H3,(H,18,19)(H,20,21)(H,22,23);3-6H,1-2H3;4-7H,1H2,2-3H3;3-5H,2H2,1H3,(H,11,13);7H,2-6H2,1H3,(H,9,10);6,9H,2-5H2,1H3,(H,8,10);1-2H3. The van der Waals surface area contributed by atoms with Gasteiger partial charge in [-0.05, 0) is 127 Å². The van der Waals surface area contributed by atoms with Crippen molar-refractivity contribution in [3.8, 4) is 11.3 Å². The van der Waals surface area contributed by atoms with E-state index in [1.807, 2.05) is 62.4 Å². The third-order valence-electron chi connectivity index (χ3n) is 13.4. The number of aryl methyl sites for hydroxylation is 5. The first-order valence-electron chi connectivity index (χ1n) is 29.5. The molecule has 4 amide bonds. The normalized spacial score (nSPS) is 13.2. The Morgan fingerprint density at radius 1 is 0.739 bits per heavy atom. The van der Waals surface area contributed by atoms with Crippen molar-refractivity contribution in [2.75, 3.05) is 86.6 Å². The predicted octanol–water partition coefficient (Wildman–Crippen LogP) is 10.6. The molecule has 1 unspecified atom stereocenters. The van der Waals surface area contributed by atoms with E-state index in [9.17, 15) is 56.8 Å². The number of ketones is 1. The van der Waals surface area contributed by atoms with Gasteiger partial charge in [-0.15, -0.1) is 32.9 Å². The molecule has 2 fully saturated rings. The molecule has 1 saturated carbocycles. The highest BCUT2D eigenvalue weighted by Crippen LogP contribution is 2.40. The monoisotopic (exact) mass is 1440 g/mol. The van der Waals surface area contributed by atoms with Crippen LogP contribution in [0.4, 0.5) is 23.7 Å². The molecule has 508 valence electrons. The van der Waals surface area contributed by atoms with E-state index in [1.165, 1.54) is 66.3 Å². The highest BCUT2D eigenvalue weighted by Gasteiger charge is 2.37. The molecule has 0 spiro atoms. The van der Waals surface area contributed by atoms with Gasteiger partial charge in [0.1, 0.15) is 20.7 Å². The van der Waals surface area contributed by atoms with E-state index in [-0.39, 0.29) is 86.6 Å². The zero-order valence-electron chi connectivity index (χ0n) is 54.2. The maximum absolute atomic E-state index is 12.8. The Morgan fingerprint density at radius 3 is 1.74 bits per heavy atom. The Kier molecular flexibility index (Phi) is 39.8. The molecule has 2 aromatic heterocycles. The Balaban J connectivity index is 0.000000553. The topological polar surface area (TPSA) is 320 Å². The number of nitrogens with zero attached hydrogens (tertiary/aromatic N) is 7. The van der Waals surface area contributed by atoms with E-state index < -0.39 is 34.0 Å². The first kappa shape index (κ1) is 82.7.